The molecule has 0 amide bonds. The Bertz CT molecular complexity index is 203. The SMILES string of the molecule is CCC(=O)C(C)C(=O)SC(C)(C)C. The summed E-state index contributed by atoms with van der Waals surface area (Å²) in [6.45, 7) is 9.39. The van der Waals surface area contributed by atoms with E-state index in [1.54, 1.807) is 13.8 Å². The highest BCUT2D eigenvalue weighted by atomic mass is 32.2. The molecule has 0 aromatic heterocycles. The highest BCUT2D eigenvalue weighted by Crippen LogP contribution is 2.27. The van der Waals surface area contributed by atoms with E-state index in [4.69, 9.17) is 0 Å². The lowest BCUT2D eigenvalue weighted by molar-refractivity contribution is -0.127. The largest absolute Gasteiger partial charge is 0.299 e. The predicted molar refractivity (Wildman–Crippen MR) is 56.8 cm³/mol. The van der Waals surface area contributed by atoms with Crippen molar-refractivity contribution in [1.82, 2.24) is 0 Å². The fraction of sp³-hybridized carbons (Fsp3) is 0.800. The summed E-state index contributed by atoms with van der Waals surface area (Å²) in [4.78, 5) is 22.7. The average Bonchev–Trinajstić information content (AvgIpc) is 1.98. The zero-order chi connectivity index (χ0) is 10.6. The van der Waals surface area contributed by atoms with Crippen molar-refractivity contribution in [3.8, 4) is 0 Å². The predicted octanol–water partition coefficient (Wildman–Crippen LogP) is 2.66. The first-order valence-corrected chi connectivity index (χ1v) is 5.35. The molecule has 0 fully saturated rings. The van der Waals surface area contributed by atoms with Crippen LogP contribution in [0.2, 0.25) is 0 Å². The van der Waals surface area contributed by atoms with Crippen LogP contribution in [0, 0.1) is 5.92 Å². The molecule has 0 bridgehead atoms. The highest BCUT2D eigenvalue weighted by molar-refractivity contribution is 8.14. The van der Waals surface area contributed by atoms with Crippen LogP contribution < -0.4 is 0 Å². The van der Waals surface area contributed by atoms with Crippen LogP contribution in [0.1, 0.15) is 41.0 Å². The second kappa shape index (κ2) is 4.80. The quantitative estimate of drug-likeness (QED) is 0.660. The summed E-state index contributed by atoms with van der Waals surface area (Å²) in [6.07, 6.45) is 0.442. The Morgan fingerprint density at radius 3 is 2.08 bits per heavy atom. The van der Waals surface area contributed by atoms with Gasteiger partial charge in [0.2, 0.25) is 0 Å². The van der Waals surface area contributed by atoms with Gasteiger partial charge in [0.15, 0.2) is 5.12 Å². The van der Waals surface area contributed by atoms with Crippen LogP contribution in [0.25, 0.3) is 0 Å². The number of hydrogen-bond acceptors (Lipinski definition) is 3. The van der Waals surface area contributed by atoms with E-state index in [0.717, 1.165) is 0 Å². The summed E-state index contributed by atoms with van der Waals surface area (Å²) in [5.74, 6) is -0.420. The summed E-state index contributed by atoms with van der Waals surface area (Å²) in [6, 6.07) is 0. The Labute approximate surface area is 84.5 Å². The van der Waals surface area contributed by atoms with Gasteiger partial charge in [0.1, 0.15) is 5.78 Å². The number of rotatable bonds is 3. The molecule has 0 saturated carbocycles. The molecule has 0 radical (unpaired) electrons. The van der Waals surface area contributed by atoms with Gasteiger partial charge in [-0.15, -0.1) is 0 Å². The monoisotopic (exact) mass is 202 g/mol. The van der Waals surface area contributed by atoms with E-state index in [2.05, 4.69) is 0 Å². The second-order valence-electron chi connectivity index (χ2n) is 4.08. The molecule has 0 aliphatic rings. The highest BCUT2D eigenvalue weighted by Gasteiger charge is 2.25. The molecule has 0 rings (SSSR count). The van der Waals surface area contributed by atoms with Gasteiger partial charge in [-0.25, -0.2) is 0 Å². The Morgan fingerprint density at radius 1 is 1.31 bits per heavy atom. The normalized spacial score (nSPS) is 13.9. The topological polar surface area (TPSA) is 34.1 Å². The summed E-state index contributed by atoms with van der Waals surface area (Å²) in [7, 11) is 0. The van der Waals surface area contributed by atoms with Crippen molar-refractivity contribution in [2.75, 3.05) is 0 Å². The van der Waals surface area contributed by atoms with E-state index in [1.807, 2.05) is 20.8 Å². The van der Waals surface area contributed by atoms with Gasteiger partial charge in [-0.05, 0) is 6.92 Å². The van der Waals surface area contributed by atoms with Crippen molar-refractivity contribution in [3.05, 3.63) is 0 Å². The molecule has 0 aromatic carbocycles. The smallest absolute Gasteiger partial charge is 0.199 e. The molecule has 0 saturated heterocycles. The van der Waals surface area contributed by atoms with Gasteiger partial charge in [-0.1, -0.05) is 39.5 Å². The van der Waals surface area contributed by atoms with Crippen LogP contribution in [0.15, 0.2) is 0 Å². The zero-order valence-corrected chi connectivity index (χ0v) is 9.83. The first-order valence-electron chi connectivity index (χ1n) is 4.53. The standard InChI is InChI=1S/C10H18O2S/c1-6-8(11)7(2)9(12)13-10(3,4)5/h7H,6H2,1-5H3. The van der Waals surface area contributed by atoms with Crippen molar-refractivity contribution >= 4 is 22.7 Å². The molecule has 2 nitrogen and oxygen atoms in total. The minimum Gasteiger partial charge on any atom is -0.299 e. The van der Waals surface area contributed by atoms with Gasteiger partial charge in [0.25, 0.3) is 0 Å². The molecule has 76 valence electrons. The van der Waals surface area contributed by atoms with Gasteiger partial charge in [0, 0.05) is 11.2 Å². The van der Waals surface area contributed by atoms with E-state index in [-0.39, 0.29) is 15.6 Å². The maximum atomic E-state index is 11.5. The molecule has 0 aliphatic heterocycles. The number of carbonyl (C=O) groups is 2. The van der Waals surface area contributed by atoms with E-state index in [9.17, 15) is 9.59 Å². The van der Waals surface area contributed by atoms with Crippen LogP contribution in [0.4, 0.5) is 0 Å². The first-order chi connectivity index (χ1) is 5.78. The van der Waals surface area contributed by atoms with Gasteiger partial charge in [0.05, 0.1) is 5.92 Å². The third kappa shape index (κ3) is 5.09. The van der Waals surface area contributed by atoms with E-state index < -0.39 is 5.92 Å². The van der Waals surface area contributed by atoms with Crippen LogP contribution in [-0.2, 0) is 9.59 Å². The van der Waals surface area contributed by atoms with Crippen LogP contribution >= 0.6 is 11.8 Å². The minimum atomic E-state index is -0.450. The van der Waals surface area contributed by atoms with Gasteiger partial charge in [-0.3, -0.25) is 9.59 Å². The van der Waals surface area contributed by atoms with Crippen molar-refractivity contribution < 1.29 is 9.59 Å². The molecule has 0 aliphatic carbocycles. The number of Topliss-reactive ketones (excluding diaryl/α,β-unsaturated/α-hetero) is 1. The van der Waals surface area contributed by atoms with Gasteiger partial charge < -0.3 is 0 Å². The van der Waals surface area contributed by atoms with Crippen molar-refractivity contribution in [2.45, 2.75) is 45.8 Å². The molecule has 1 unspecified atom stereocenters. The maximum absolute atomic E-state index is 11.5. The fourth-order valence-electron chi connectivity index (χ4n) is 0.828. The molecule has 1 atom stereocenters. The Kier molecular flexibility index (Phi) is 4.68. The lowest BCUT2D eigenvalue weighted by atomic mass is 10.1. The molecular weight excluding hydrogens is 184 g/mol. The summed E-state index contributed by atoms with van der Waals surface area (Å²) in [5, 5.41) is -0.0145. The Balaban J connectivity index is 4.20. The van der Waals surface area contributed by atoms with Crippen LogP contribution in [0.5, 0.6) is 0 Å². The van der Waals surface area contributed by atoms with Gasteiger partial charge >= 0.3 is 0 Å². The molecule has 0 aromatic rings. The average molecular weight is 202 g/mol. The lowest BCUT2D eigenvalue weighted by Gasteiger charge is -2.18. The van der Waals surface area contributed by atoms with Crippen molar-refractivity contribution in [3.63, 3.8) is 0 Å². The molecule has 13 heavy (non-hydrogen) atoms. The van der Waals surface area contributed by atoms with Crippen LogP contribution in [0.3, 0.4) is 0 Å². The summed E-state index contributed by atoms with van der Waals surface area (Å²) >= 11 is 1.25. The minimum absolute atomic E-state index is 0.0145. The first kappa shape index (κ1) is 12.7. The molecular formula is C10H18O2S. The molecule has 3 heteroatoms. The Hall–Kier alpha value is -0.310. The number of ketones is 1. The van der Waals surface area contributed by atoms with E-state index in [0.29, 0.717) is 6.42 Å². The van der Waals surface area contributed by atoms with Gasteiger partial charge in [-0.2, -0.15) is 0 Å². The second-order valence-corrected chi connectivity index (χ2v) is 5.91. The molecule has 0 heterocycles. The summed E-state index contributed by atoms with van der Waals surface area (Å²) < 4.78 is -0.0979. The van der Waals surface area contributed by atoms with Crippen LogP contribution in [-0.4, -0.2) is 15.6 Å². The number of thioether (sulfide) groups is 1. The maximum Gasteiger partial charge on any atom is 0.199 e. The van der Waals surface area contributed by atoms with Crippen molar-refractivity contribution in [1.29, 1.82) is 0 Å². The third-order valence-electron chi connectivity index (χ3n) is 1.59. The number of hydrogen-bond donors (Lipinski definition) is 0. The fourth-order valence-corrected chi connectivity index (χ4v) is 1.74. The summed E-state index contributed by atoms with van der Waals surface area (Å²) in [5.41, 5.74) is 0. The third-order valence-corrected chi connectivity index (χ3v) is 2.76. The zero-order valence-electron chi connectivity index (χ0n) is 9.01. The Morgan fingerprint density at radius 2 is 1.77 bits per heavy atom. The number of carbonyl (C=O) groups excluding carboxylic acids is 2. The molecule has 0 N–H and O–H groups in total. The van der Waals surface area contributed by atoms with E-state index >= 15 is 0 Å². The molecule has 0 spiro atoms. The lowest BCUT2D eigenvalue weighted by Crippen LogP contribution is -2.22. The van der Waals surface area contributed by atoms with Crippen molar-refractivity contribution in [2.24, 2.45) is 5.92 Å². The van der Waals surface area contributed by atoms with E-state index in [1.165, 1.54) is 11.8 Å².